The van der Waals surface area contributed by atoms with Crippen molar-refractivity contribution in [2.24, 2.45) is 11.5 Å². The van der Waals surface area contributed by atoms with Crippen LogP contribution in [0.3, 0.4) is 0 Å². The number of rotatable bonds is 6. The van der Waals surface area contributed by atoms with Crippen LogP contribution in [0.25, 0.3) is 22.3 Å². The van der Waals surface area contributed by atoms with Gasteiger partial charge in [-0.1, -0.05) is 0 Å². The van der Waals surface area contributed by atoms with Gasteiger partial charge in [-0.2, -0.15) is 19.9 Å². The van der Waals surface area contributed by atoms with E-state index >= 15 is 0 Å². The number of nitrogens with two attached hydrogens (primary N) is 2. The Kier molecular flexibility index (Phi) is 7.73. The molecule has 0 unspecified atom stereocenters. The Morgan fingerprint density at radius 3 is 1.36 bits per heavy atom. The van der Waals surface area contributed by atoms with Gasteiger partial charge in [0, 0.05) is 24.2 Å². The number of anilines is 2. The highest BCUT2D eigenvalue weighted by Crippen LogP contribution is 2.36. The van der Waals surface area contributed by atoms with Gasteiger partial charge in [-0.25, -0.2) is 9.97 Å². The molecular weight excluding hydrogens is 615 g/mol. The molecule has 18 heteroatoms. The van der Waals surface area contributed by atoms with Crippen LogP contribution in [0, 0.1) is 0 Å². The van der Waals surface area contributed by atoms with Crippen LogP contribution in [0.2, 0.25) is 10.6 Å². The Bertz CT molecular complexity index is 1560. The first-order chi connectivity index (χ1) is 21.1. The molecule has 0 radical (unpaired) electrons. The number of nitrogens with zero attached hydrogens (tertiary/aromatic N) is 8. The van der Waals surface area contributed by atoms with Crippen LogP contribution in [0.5, 0.6) is 0 Å². The molecule has 4 heterocycles. The van der Waals surface area contributed by atoms with E-state index in [-0.39, 0.29) is 22.7 Å². The smallest absolute Gasteiger partial charge is 0.226 e. The van der Waals surface area contributed by atoms with E-state index in [0.717, 1.165) is 25.7 Å². The Labute approximate surface area is 260 Å². The first kappa shape index (κ1) is 29.7. The Balaban J connectivity index is 1.04. The van der Waals surface area contributed by atoms with Crippen LogP contribution in [-0.4, -0.2) is 108 Å². The molecule has 3 saturated carbocycles. The summed E-state index contributed by atoms with van der Waals surface area (Å²) in [6.07, 6.45) is 2.97. The van der Waals surface area contributed by atoms with Gasteiger partial charge in [0.05, 0.1) is 36.9 Å². The van der Waals surface area contributed by atoms with Gasteiger partial charge in [-0.05, 0) is 61.7 Å². The lowest BCUT2D eigenvalue weighted by Gasteiger charge is -2.30. The van der Waals surface area contributed by atoms with Gasteiger partial charge in [0.25, 0.3) is 0 Å². The topological polar surface area (TPSA) is 244 Å². The maximum atomic E-state index is 10.5. The third-order valence-corrected chi connectivity index (χ3v) is 9.64. The minimum atomic E-state index is -1.05. The summed E-state index contributed by atoms with van der Waals surface area (Å²) in [6.45, 7) is 0. The average Bonchev–Trinajstić information content (AvgIpc) is 3.73. The highest BCUT2D eigenvalue weighted by Gasteiger charge is 2.42. The van der Waals surface area contributed by atoms with Crippen molar-refractivity contribution >= 4 is 57.2 Å². The molecule has 0 saturated heterocycles. The van der Waals surface area contributed by atoms with E-state index < -0.39 is 48.6 Å². The van der Waals surface area contributed by atoms with Crippen molar-refractivity contribution in [2.75, 3.05) is 10.6 Å². The van der Waals surface area contributed by atoms with Gasteiger partial charge >= 0.3 is 0 Å². The van der Waals surface area contributed by atoms with Crippen LogP contribution >= 0.6 is 23.2 Å². The number of hydrogen-bond acceptors (Lipinski definition) is 14. The van der Waals surface area contributed by atoms with Crippen LogP contribution in [0.15, 0.2) is 12.7 Å². The maximum Gasteiger partial charge on any atom is 0.226 e. The van der Waals surface area contributed by atoms with E-state index in [4.69, 9.17) is 34.7 Å². The summed E-state index contributed by atoms with van der Waals surface area (Å²) >= 11 is 12.6. The summed E-state index contributed by atoms with van der Waals surface area (Å²) in [7, 11) is 0. The van der Waals surface area contributed by atoms with Gasteiger partial charge < -0.3 is 51.7 Å². The summed E-state index contributed by atoms with van der Waals surface area (Å²) in [5.74, 6) is 1.00. The van der Waals surface area contributed by atoms with E-state index in [1.807, 2.05) is 0 Å². The fourth-order valence-electron chi connectivity index (χ4n) is 6.87. The van der Waals surface area contributed by atoms with Crippen LogP contribution in [0.1, 0.15) is 50.6 Å². The summed E-state index contributed by atoms with van der Waals surface area (Å²) in [4.78, 5) is 26.5. The molecule has 3 aliphatic rings. The van der Waals surface area contributed by atoms with Crippen LogP contribution < -0.4 is 22.1 Å². The molecule has 3 fully saturated rings. The average molecular weight is 650 g/mol. The van der Waals surface area contributed by atoms with Crippen molar-refractivity contribution in [2.45, 2.75) is 99.2 Å². The monoisotopic (exact) mass is 648 g/mol. The molecule has 16 nitrogen and oxygen atoms in total. The lowest BCUT2D eigenvalue weighted by molar-refractivity contribution is 0.0187. The normalized spacial score (nSPS) is 34.3. The van der Waals surface area contributed by atoms with Crippen LogP contribution in [-0.2, 0) is 0 Å². The largest absolute Gasteiger partial charge is 0.389 e. The Hall–Kier alpha value is -2.96. The number of halogens is 2. The van der Waals surface area contributed by atoms with Gasteiger partial charge in [-0.3, -0.25) is 0 Å². The molecule has 0 spiro atoms. The number of hydrogen-bond donors (Lipinski definition) is 8. The molecule has 236 valence electrons. The number of aliphatic hydroxyl groups is 4. The highest BCUT2D eigenvalue weighted by molar-refractivity contribution is 6.29. The zero-order chi connectivity index (χ0) is 30.9. The van der Waals surface area contributed by atoms with Crippen molar-refractivity contribution in [3.05, 3.63) is 23.2 Å². The molecule has 0 aliphatic heterocycles. The SMILES string of the molecule is N[C@H]1C[C@@H](n2cnc3c(N[C@H]4CC[C@H](Nc5nc(Cl)nc6c5ncn6[C@@H]5C[C@H](N)[C@@H](O)[C@H]5O)CC4)nc(Cl)nc32)[C@H](O)[C@@H]1O. The predicted octanol–water partition coefficient (Wildman–Crippen LogP) is 0.0958. The fourth-order valence-corrected chi connectivity index (χ4v) is 7.20. The second-order valence-electron chi connectivity index (χ2n) is 12.1. The molecule has 3 aliphatic carbocycles. The number of nitrogens with one attached hydrogen (secondary N) is 2. The first-order valence-corrected chi connectivity index (χ1v) is 15.4. The maximum absolute atomic E-state index is 10.5. The molecule has 7 rings (SSSR count). The molecule has 4 aromatic heterocycles. The number of fused-ring (bicyclic) bond motifs is 2. The molecular formula is C26H34Cl2N12O4. The molecule has 4 aromatic rings. The van der Waals surface area contributed by atoms with Crippen molar-refractivity contribution in [1.82, 2.24) is 39.0 Å². The Morgan fingerprint density at radius 2 is 1.02 bits per heavy atom. The minimum Gasteiger partial charge on any atom is -0.389 e. The third kappa shape index (κ3) is 5.12. The van der Waals surface area contributed by atoms with Crippen molar-refractivity contribution in [3.63, 3.8) is 0 Å². The van der Waals surface area contributed by atoms with Crippen molar-refractivity contribution in [3.8, 4) is 0 Å². The number of imidazole rings is 2. The van der Waals surface area contributed by atoms with Crippen molar-refractivity contribution in [1.29, 1.82) is 0 Å². The molecule has 8 atom stereocenters. The van der Waals surface area contributed by atoms with Gasteiger partial charge in [0.1, 0.15) is 12.2 Å². The van der Waals surface area contributed by atoms with Gasteiger partial charge in [0.15, 0.2) is 34.0 Å². The molecule has 0 aromatic carbocycles. The van der Waals surface area contributed by atoms with Crippen LogP contribution in [0.4, 0.5) is 11.6 Å². The third-order valence-electron chi connectivity index (χ3n) is 9.30. The summed E-state index contributed by atoms with van der Waals surface area (Å²) in [5, 5.41) is 48.4. The standard InChI is InChI=1S/C26H34Cl2N12O4/c27-25-35-21(15-23(37-25)39(7-31-15)13-5-11(29)17(41)19(13)43)33-9-1-2-10(4-3-9)34-22-16-24(38-26(28)36-22)40(8-32-16)14-6-12(30)18(42)20(14)44/h7-14,17-20,41-44H,1-6,29-30H2,(H,33,35,37)(H,34,36,38)/t9-,10-,11-,12-,13+,14+,17+,18+,19-,20-/m0/s1. The minimum absolute atomic E-state index is 0.0418. The van der Waals surface area contributed by atoms with Gasteiger partial charge in [-0.15, -0.1) is 0 Å². The van der Waals surface area contributed by atoms with E-state index in [9.17, 15) is 20.4 Å². The quantitative estimate of drug-likeness (QED) is 0.129. The van der Waals surface area contributed by atoms with E-state index in [1.165, 1.54) is 0 Å². The molecule has 10 N–H and O–H groups in total. The summed E-state index contributed by atoms with van der Waals surface area (Å²) < 4.78 is 3.41. The lowest BCUT2D eigenvalue weighted by Crippen LogP contribution is -2.35. The lowest BCUT2D eigenvalue weighted by atomic mass is 9.91. The second-order valence-corrected chi connectivity index (χ2v) is 12.7. The summed E-state index contributed by atoms with van der Waals surface area (Å²) in [6, 6.07) is -1.88. The number of aliphatic hydroxyl groups excluding tert-OH is 4. The molecule has 0 bridgehead atoms. The molecule has 44 heavy (non-hydrogen) atoms. The second kappa shape index (κ2) is 11.4. The zero-order valence-electron chi connectivity index (χ0n) is 23.4. The van der Waals surface area contributed by atoms with E-state index in [0.29, 0.717) is 46.8 Å². The molecule has 0 amide bonds. The zero-order valence-corrected chi connectivity index (χ0v) is 25.0. The fraction of sp³-hybridized carbons (Fsp3) is 0.615. The predicted molar refractivity (Wildman–Crippen MR) is 161 cm³/mol. The summed E-state index contributed by atoms with van der Waals surface area (Å²) in [5.41, 5.74) is 13.9. The van der Waals surface area contributed by atoms with E-state index in [1.54, 1.807) is 21.8 Å². The number of aromatic nitrogens is 8. The van der Waals surface area contributed by atoms with Crippen molar-refractivity contribution < 1.29 is 20.4 Å². The Morgan fingerprint density at radius 1 is 0.636 bits per heavy atom. The highest BCUT2D eigenvalue weighted by atomic mass is 35.5. The van der Waals surface area contributed by atoms with E-state index in [2.05, 4.69) is 40.5 Å². The first-order valence-electron chi connectivity index (χ1n) is 14.7. The van der Waals surface area contributed by atoms with Gasteiger partial charge in [0.2, 0.25) is 10.6 Å².